The summed E-state index contributed by atoms with van der Waals surface area (Å²) in [6.45, 7) is 5.61. The fourth-order valence-electron chi connectivity index (χ4n) is 2.80. The Morgan fingerprint density at radius 2 is 1.75 bits per heavy atom. The van der Waals surface area contributed by atoms with E-state index < -0.39 is 0 Å². The zero-order valence-electron chi connectivity index (χ0n) is 10.2. The highest BCUT2D eigenvalue weighted by atomic mass is 14.9. The van der Waals surface area contributed by atoms with Gasteiger partial charge in [-0.15, -0.1) is 0 Å². The summed E-state index contributed by atoms with van der Waals surface area (Å²) < 4.78 is 0. The summed E-state index contributed by atoms with van der Waals surface area (Å²) in [6.07, 6.45) is 9.34. The first kappa shape index (κ1) is 11.5. The summed E-state index contributed by atoms with van der Waals surface area (Å²) in [7, 11) is 0. The van der Waals surface area contributed by atoms with E-state index in [0.29, 0.717) is 6.04 Å². The van der Waals surface area contributed by atoms with E-state index in [1.807, 2.05) is 12.4 Å². The van der Waals surface area contributed by atoms with Gasteiger partial charge in [0.1, 0.15) is 6.33 Å². The number of rotatable bonds is 3. The summed E-state index contributed by atoms with van der Waals surface area (Å²) >= 11 is 0. The van der Waals surface area contributed by atoms with Crippen molar-refractivity contribution in [3.63, 3.8) is 0 Å². The van der Waals surface area contributed by atoms with Crippen LogP contribution in [0.5, 0.6) is 0 Å². The Kier molecular flexibility index (Phi) is 3.88. The molecule has 1 aromatic heterocycles. The van der Waals surface area contributed by atoms with E-state index in [1.165, 1.54) is 24.8 Å². The molecule has 0 spiro atoms. The minimum absolute atomic E-state index is 0.666. The molecule has 1 saturated carbocycles. The highest BCUT2D eigenvalue weighted by Gasteiger charge is 2.23. The number of aromatic nitrogens is 2. The molecule has 0 saturated heterocycles. The third-order valence-electron chi connectivity index (χ3n) is 3.39. The third-order valence-corrected chi connectivity index (χ3v) is 3.39. The first-order chi connectivity index (χ1) is 7.74. The van der Waals surface area contributed by atoms with Gasteiger partial charge in [-0.2, -0.15) is 0 Å². The van der Waals surface area contributed by atoms with Gasteiger partial charge in [-0.25, -0.2) is 9.97 Å². The monoisotopic (exact) mass is 219 g/mol. The van der Waals surface area contributed by atoms with Crippen LogP contribution in [-0.2, 0) is 6.54 Å². The second-order valence-corrected chi connectivity index (χ2v) is 5.24. The topological polar surface area (TPSA) is 37.8 Å². The van der Waals surface area contributed by atoms with Crippen LogP contribution in [0.4, 0.5) is 0 Å². The molecule has 1 fully saturated rings. The second-order valence-electron chi connectivity index (χ2n) is 5.24. The lowest BCUT2D eigenvalue weighted by Crippen LogP contribution is -2.35. The van der Waals surface area contributed by atoms with Gasteiger partial charge in [0.25, 0.3) is 0 Å². The van der Waals surface area contributed by atoms with E-state index in [4.69, 9.17) is 0 Å². The van der Waals surface area contributed by atoms with Gasteiger partial charge in [0.05, 0.1) is 0 Å². The average Bonchev–Trinajstić information content (AvgIpc) is 2.27. The Morgan fingerprint density at radius 1 is 1.12 bits per heavy atom. The average molecular weight is 219 g/mol. The summed E-state index contributed by atoms with van der Waals surface area (Å²) in [4.78, 5) is 8.05. The number of nitrogens with zero attached hydrogens (tertiary/aromatic N) is 2. The van der Waals surface area contributed by atoms with E-state index in [1.54, 1.807) is 6.33 Å². The largest absolute Gasteiger partial charge is 0.310 e. The summed E-state index contributed by atoms with van der Waals surface area (Å²) in [5.74, 6) is 1.71. The third kappa shape index (κ3) is 3.27. The fraction of sp³-hybridized carbons (Fsp3) is 0.692. The van der Waals surface area contributed by atoms with Gasteiger partial charge in [0, 0.05) is 30.5 Å². The van der Waals surface area contributed by atoms with E-state index >= 15 is 0 Å². The minimum Gasteiger partial charge on any atom is -0.310 e. The number of hydrogen-bond acceptors (Lipinski definition) is 3. The SMILES string of the molecule is CC1CC(C)CC(NCc2cncnc2)C1. The number of hydrogen-bond donors (Lipinski definition) is 1. The molecule has 2 rings (SSSR count). The van der Waals surface area contributed by atoms with E-state index in [-0.39, 0.29) is 0 Å². The molecule has 2 atom stereocenters. The maximum atomic E-state index is 4.03. The van der Waals surface area contributed by atoms with Crippen LogP contribution in [-0.4, -0.2) is 16.0 Å². The molecule has 0 radical (unpaired) electrons. The van der Waals surface area contributed by atoms with Gasteiger partial charge in [-0.3, -0.25) is 0 Å². The Hall–Kier alpha value is -0.960. The van der Waals surface area contributed by atoms with Gasteiger partial charge >= 0.3 is 0 Å². The van der Waals surface area contributed by atoms with Gasteiger partial charge in [0.15, 0.2) is 0 Å². The number of nitrogens with one attached hydrogen (secondary N) is 1. The molecule has 0 aliphatic heterocycles. The first-order valence-electron chi connectivity index (χ1n) is 6.21. The van der Waals surface area contributed by atoms with E-state index in [2.05, 4.69) is 29.1 Å². The molecular weight excluding hydrogens is 198 g/mol. The first-order valence-corrected chi connectivity index (χ1v) is 6.21. The minimum atomic E-state index is 0.666. The lowest BCUT2D eigenvalue weighted by molar-refractivity contribution is 0.238. The fourth-order valence-corrected chi connectivity index (χ4v) is 2.80. The van der Waals surface area contributed by atoms with Crippen molar-refractivity contribution in [2.45, 2.75) is 45.7 Å². The molecule has 0 amide bonds. The molecule has 1 heterocycles. The molecule has 1 aliphatic carbocycles. The Labute approximate surface area is 97.7 Å². The zero-order valence-corrected chi connectivity index (χ0v) is 10.2. The van der Waals surface area contributed by atoms with Crippen molar-refractivity contribution in [1.29, 1.82) is 0 Å². The Balaban J connectivity index is 1.81. The van der Waals surface area contributed by atoms with Crippen molar-refractivity contribution in [1.82, 2.24) is 15.3 Å². The molecule has 16 heavy (non-hydrogen) atoms. The van der Waals surface area contributed by atoms with Gasteiger partial charge in [0.2, 0.25) is 0 Å². The molecule has 1 aromatic rings. The van der Waals surface area contributed by atoms with Gasteiger partial charge in [-0.1, -0.05) is 13.8 Å². The van der Waals surface area contributed by atoms with Crippen LogP contribution >= 0.6 is 0 Å². The van der Waals surface area contributed by atoms with Crippen LogP contribution in [0.15, 0.2) is 18.7 Å². The van der Waals surface area contributed by atoms with E-state index in [0.717, 1.165) is 18.4 Å². The van der Waals surface area contributed by atoms with Crippen LogP contribution in [0.1, 0.15) is 38.7 Å². The van der Waals surface area contributed by atoms with Crippen molar-refractivity contribution >= 4 is 0 Å². The molecular formula is C13H21N3. The van der Waals surface area contributed by atoms with Crippen molar-refractivity contribution in [3.05, 3.63) is 24.3 Å². The molecule has 0 bridgehead atoms. The maximum Gasteiger partial charge on any atom is 0.115 e. The second kappa shape index (κ2) is 5.39. The summed E-state index contributed by atoms with van der Waals surface area (Å²) in [5, 5.41) is 3.62. The summed E-state index contributed by atoms with van der Waals surface area (Å²) in [6, 6.07) is 0.666. The summed E-state index contributed by atoms with van der Waals surface area (Å²) in [5.41, 5.74) is 1.17. The van der Waals surface area contributed by atoms with Crippen molar-refractivity contribution in [3.8, 4) is 0 Å². The Bertz CT molecular complexity index is 302. The van der Waals surface area contributed by atoms with Gasteiger partial charge < -0.3 is 5.32 Å². The lowest BCUT2D eigenvalue weighted by atomic mass is 9.80. The molecule has 1 aliphatic rings. The predicted molar refractivity (Wildman–Crippen MR) is 64.8 cm³/mol. The normalized spacial score (nSPS) is 30.2. The zero-order chi connectivity index (χ0) is 11.4. The molecule has 3 heteroatoms. The Morgan fingerprint density at radius 3 is 2.38 bits per heavy atom. The molecule has 0 aromatic carbocycles. The van der Waals surface area contributed by atoms with E-state index in [9.17, 15) is 0 Å². The van der Waals surface area contributed by atoms with Crippen LogP contribution < -0.4 is 5.32 Å². The molecule has 3 nitrogen and oxygen atoms in total. The van der Waals surface area contributed by atoms with Crippen LogP contribution in [0.2, 0.25) is 0 Å². The van der Waals surface area contributed by atoms with Crippen LogP contribution in [0.25, 0.3) is 0 Å². The highest BCUT2D eigenvalue weighted by Crippen LogP contribution is 2.28. The lowest BCUT2D eigenvalue weighted by Gasteiger charge is -2.32. The van der Waals surface area contributed by atoms with Crippen LogP contribution in [0, 0.1) is 11.8 Å². The molecule has 88 valence electrons. The molecule has 2 unspecified atom stereocenters. The van der Waals surface area contributed by atoms with Crippen molar-refractivity contribution < 1.29 is 0 Å². The van der Waals surface area contributed by atoms with Gasteiger partial charge in [-0.05, 0) is 31.1 Å². The highest BCUT2D eigenvalue weighted by molar-refractivity contribution is 5.02. The van der Waals surface area contributed by atoms with Crippen molar-refractivity contribution in [2.24, 2.45) is 11.8 Å². The standard InChI is InChI=1S/C13H21N3/c1-10-3-11(2)5-13(4-10)16-8-12-6-14-9-15-7-12/h6-7,9-11,13,16H,3-5,8H2,1-2H3. The molecule has 1 N–H and O–H groups in total. The van der Waals surface area contributed by atoms with Crippen molar-refractivity contribution in [2.75, 3.05) is 0 Å². The van der Waals surface area contributed by atoms with Crippen LogP contribution in [0.3, 0.4) is 0 Å². The quantitative estimate of drug-likeness (QED) is 0.848. The smallest absolute Gasteiger partial charge is 0.115 e. The predicted octanol–water partition coefficient (Wildman–Crippen LogP) is 2.39. The maximum absolute atomic E-state index is 4.03.